The van der Waals surface area contributed by atoms with E-state index in [1.807, 2.05) is 24.3 Å². The molecule has 1 saturated heterocycles. The summed E-state index contributed by atoms with van der Waals surface area (Å²) in [7, 11) is 1.64. The molecule has 4 heteroatoms. The minimum atomic E-state index is -0.758. The fourth-order valence-corrected chi connectivity index (χ4v) is 1.70. The molecule has 2 rings (SSSR count). The van der Waals surface area contributed by atoms with Crippen molar-refractivity contribution in [3.63, 3.8) is 0 Å². The van der Waals surface area contributed by atoms with Crippen LogP contribution in [0.5, 0.6) is 5.75 Å². The lowest BCUT2D eigenvalue weighted by molar-refractivity contribution is -0.156. The summed E-state index contributed by atoms with van der Waals surface area (Å²) >= 11 is 0. The molecule has 1 fully saturated rings. The number of methoxy groups -OCH3 is 1. The topological polar surface area (TPSA) is 53.7 Å². The maximum absolute atomic E-state index is 5.69. The zero-order chi connectivity index (χ0) is 10.7. The maximum atomic E-state index is 5.69. The molecule has 0 radical (unpaired) electrons. The highest BCUT2D eigenvalue weighted by Gasteiger charge is 2.37. The Bertz CT molecular complexity index is 317. The van der Waals surface area contributed by atoms with E-state index in [-0.39, 0.29) is 0 Å². The predicted molar refractivity (Wildman–Crippen MR) is 55.6 cm³/mol. The van der Waals surface area contributed by atoms with Crippen molar-refractivity contribution in [2.24, 2.45) is 5.73 Å². The molecule has 0 atom stereocenters. The monoisotopic (exact) mass is 209 g/mol. The van der Waals surface area contributed by atoms with Crippen molar-refractivity contribution < 1.29 is 14.2 Å². The fourth-order valence-electron chi connectivity index (χ4n) is 1.70. The Morgan fingerprint density at radius 3 is 2.33 bits per heavy atom. The molecule has 0 amide bonds. The van der Waals surface area contributed by atoms with Gasteiger partial charge in [0.25, 0.3) is 0 Å². The summed E-state index contributed by atoms with van der Waals surface area (Å²) in [5.74, 6) is 0.0515. The first-order chi connectivity index (χ1) is 7.30. The molecule has 0 aromatic heterocycles. The minimum Gasteiger partial charge on any atom is -0.497 e. The number of nitrogens with two attached hydrogens (primary N) is 1. The Morgan fingerprint density at radius 2 is 1.87 bits per heavy atom. The fraction of sp³-hybridized carbons (Fsp3) is 0.455. The molecule has 0 aliphatic carbocycles. The number of benzene rings is 1. The first kappa shape index (κ1) is 10.4. The van der Waals surface area contributed by atoms with Crippen LogP contribution >= 0.6 is 0 Å². The second-order valence-corrected chi connectivity index (χ2v) is 3.38. The first-order valence-electron chi connectivity index (χ1n) is 4.93. The van der Waals surface area contributed by atoms with Gasteiger partial charge in [-0.2, -0.15) is 0 Å². The van der Waals surface area contributed by atoms with Crippen LogP contribution in [0.3, 0.4) is 0 Å². The Balaban J connectivity index is 2.26. The highest BCUT2D eigenvalue weighted by Crippen LogP contribution is 2.31. The van der Waals surface area contributed by atoms with Gasteiger partial charge in [0, 0.05) is 5.56 Å². The van der Waals surface area contributed by atoms with Crippen LogP contribution in [0, 0.1) is 0 Å². The molecular formula is C11H15NO3. The van der Waals surface area contributed by atoms with E-state index >= 15 is 0 Å². The van der Waals surface area contributed by atoms with Gasteiger partial charge in [-0.3, -0.25) is 0 Å². The summed E-state index contributed by atoms with van der Waals surface area (Å²) in [6.07, 6.45) is 0. The van der Waals surface area contributed by atoms with Gasteiger partial charge in [0.1, 0.15) is 5.75 Å². The van der Waals surface area contributed by atoms with Gasteiger partial charge in [0.05, 0.1) is 26.9 Å². The largest absolute Gasteiger partial charge is 0.497 e. The maximum Gasteiger partial charge on any atom is 0.207 e. The third-order valence-electron chi connectivity index (χ3n) is 2.55. The standard InChI is InChI=1S/C11H15NO3/c1-13-10-4-2-9(3-5-10)11(8-12)14-6-7-15-11/h2-5H,6-8,12H2,1H3. The average Bonchev–Trinajstić information content (AvgIpc) is 2.79. The summed E-state index contributed by atoms with van der Waals surface area (Å²) < 4.78 is 16.2. The van der Waals surface area contributed by atoms with Crippen molar-refractivity contribution in [3.05, 3.63) is 29.8 Å². The number of hydrogen-bond acceptors (Lipinski definition) is 4. The quantitative estimate of drug-likeness (QED) is 0.802. The van der Waals surface area contributed by atoms with E-state index in [0.29, 0.717) is 19.8 Å². The molecule has 0 bridgehead atoms. The smallest absolute Gasteiger partial charge is 0.207 e. The van der Waals surface area contributed by atoms with Crippen LogP contribution in [-0.4, -0.2) is 26.9 Å². The van der Waals surface area contributed by atoms with Gasteiger partial charge >= 0.3 is 0 Å². The zero-order valence-corrected chi connectivity index (χ0v) is 8.73. The van der Waals surface area contributed by atoms with Gasteiger partial charge < -0.3 is 19.9 Å². The molecule has 0 saturated carbocycles. The lowest BCUT2D eigenvalue weighted by atomic mass is 10.1. The Hall–Kier alpha value is -1.10. The summed E-state index contributed by atoms with van der Waals surface area (Å²) in [5, 5.41) is 0. The van der Waals surface area contributed by atoms with Crippen LogP contribution in [-0.2, 0) is 15.3 Å². The summed E-state index contributed by atoms with van der Waals surface area (Å²) in [4.78, 5) is 0. The van der Waals surface area contributed by atoms with Crippen molar-refractivity contribution >= 4 is 0 Å². The molecule has 15 heavy (non-hydrogen) atoms. The number of ether oxygens (including phenoxy) is 3. The van der Waals surface area contributed by atoms with E-state index in [0.717, 1.165) is 11.3 Å². The molecule has 1 aliphatic heterocycles. The zero-order valence-electron chi connectivity index (χ0n) is 8.73. The lowest BCUT2D eigenvalue weighted by Gasteiger charge is -2.26. The molecule has 1 aromatic rings. The number of rotatable bonds is 3. The SMILES string of the molecule is COc1ccc(C2(CN)OCCO2)cc1. The second-order valence-electron chi connectivity index (χ2n) is 3.38. The first-order valence-corrected chi connectivity index (χ1v) is 4.93. The average molecular weight is 209 g/mol. The molecule has 1 aromatic carbocycles. The van der Waals surface area contributed by atoms with Crippen LogP contribution in [0.15, 0.2) is 24.3 Å². The Kier molecular flexibility index (Phi) is 2.90. The molecule has 2 N–H and O–H groups in total. The van der Waals surface area contributed by atoms with E-state index < -0.39 is 5.79 Å². The van der Waals surface area contributed by atoms with Crippen LogP contribution in [0.2, 0.25) is 0 Å². The molecular weight excluding hydrogens is 194 g/mol. The van der Waals surface area contributed by atoms with Gasteiger partial charge in [-0.1, -0.05) is 0 Å². The molecule has 1 heterocycles. The summed E-state index contributed by atoms with van der Waals surface area (Å²) in [6, 6.07) is 7.57. The van der Waals surface area contributed by atoms with E-state index in [2.05, 4.69) is 0 Å². The van der Waals surface area contributed by atoms with Crippen molar-refractivity contribution in [3.8, 4) is 5.75 Å². The van der Waals surface area contributed by atoms with E-state index in [9.17, 15) is 0 Å². The van der Waals surface area contributed by atoms with Crippen molar-refractivity contribution in [1.29, 1.82) is 0 Å². The molecule has 82 valence electrons. The van der Waals surface area contributed by atoms with Crippen molar-refractivity contribution in [2.45, 2.75) is 5.79 Å². The van der Waals surface area contributed by atoms with Gasteiger partial charge in [-0.05, 0) is 24.3 Å². The molecule has 4 nitrogen and oxygen atoms in total. The minimum absolute atomic E-state index is 0.319. The lowest BCUT2D eigenvalue weighted by Crippen LogP contribution is -2.36. The van der Waals surface area contributed by atoms with Gasteiger partial charge in [-0.15, -0.1) is 0 Å². The Morgan fingerprint density at radius 1 is 1.27 bits per heavy atom. The third kappa shape index (κ3) is 1.84. The van der Waals surface area contributed by atoms with Crippen LogP contribution in [0.25, 0.3) is 0 Å². The van der Waals surface area contributed by atoms with Gasteiger partial charge in [0.2, 0.25) is 5.79 Å². The number of hydrogen-bond donors (Lipinski definition) is 1. The summed E-state index contributed by atoms with van der Waals surface area (Å²) in [5.41, 5.74) is 6.62. The van der Waals surface area contributed by atoms with Crippen molar-refractivity contribution in [1.82, 2.24) is 0 Å². The predicted octanol–water partition coefficient (Wildman–Crippen LogP) is 0.853. The Labute approximate surface area is 88.9 Å². The van der Waals surface area contributed by atoms with E-state index in [1.165, 1.54) is 0 Å². The van der Waals surface area contributed by atoms with Crippen LogP contribution < -0.4 is 10.5 Å². The van der Waals surface area contributed by atoms with E-state index in [4.69, 9.17) is 19.9 Å². The van der Waals surface area contributed by atoms with Crippen molar-refractivity contribution in [2.75, 3.05) is 26.9 Å². The highest BCUT2D eigenvalue weighted by atomic mass is 16.7. The van der Waals surface area contributed by atoms with E-state index in [1.54, 1.807) is 7.11 Å². The van der Waals surface area contributed by atoms with Crippen LogP contribution in [0.1, 0.15) is 5.56 Å². The third-order valence-corrected chi connectivity index (χ3v) is 2.55. The second kappa shape index (κ2) is 4.18. The molecule has 0 unspecified atom stereocenters. The summed E-state index contributed by atoms with van der Waals surface area (Å²) in [6.45, 7) is 1.49. The highest BCUT2D eigenvalue weighted by molar-refractivity contribution is 5.30. The van der Waals surface area contributed by atoms with Gasteiger partial charge in [0.15, 0.2) is 0 Å². The van der Waals surface area contributed by atoms with Crippen LogP contribution in [0.4, 0.5) is 0 Å². The molecule has 0 spiro atoms. The van der Waals surface area contributed by atoms with Gasteiger partial charge in [-0.25, -0.2) is 0 Å². The normalized spacial score (nSPS) is 19.1. The molecule has 1 aliphatic rings.